The summed E-state index contributed by atoms with van der Waals surface area (Å²) < 4.78 is 0. The topological polar surface area (TPSA) is 266 Å². The number of nitrogens with two attached hydrogens (primary N) is 5. The highest BCUT2D eigenvalue weighted by molar-refractivity contribution is 7.21. The van der Waals surface area contributed by atoms with Gasteiger partial charge in [0.05, 0.1) is 23.6 Å². The van der Waals surface area contributed by atoms with Crippen molar-refractivity contribution in [1.82, 2.24) is 15.3 Å². The summed E-state index contributed by atoms with van der Waals surface area (Å²) in [6.45, 7) is 14.9. The van der Waals surface area contributed by atoms with Crippen LogP contribution in [-0.2, 0) is 17.6 Å². The number of pyridine rings is 2. The van der Waals surface area contributed by atoms with Crippen LogP contribution in [0.3, 0.4) is 0 Å². The van der Waals surface area contributed by atoms with E-state index < -0.39 is 17.9 Å². The number of carbonyl (C=O) groups excluding carboxylic acids is 3. The van der Waals surface area contributed by atoms with Crippen molar-refractivity contribution in [3.8, 4) is 0 Å². The summed E-state index contributed by atoms with van der Waals surface area (Å²) in [6, 6.07) is 6.50. The summed E-state index contributed by atoms with van der Waals surface area (Å²) in [4.78, 5) is 51.0. The maximum absolute atomic E-state index is 11.8. The van der Waals surface area contributed by atoms with Crippen LogP contribution in [0.2, 0.25) is 0 Å². The van der Waals surface area contributed by atoms with Crippen LogP contribution in [0.15, 0.2) is 41.1 Å². The van der Waals surface area contributed by atoms with Crippen LogP contribution in [-0.4, -0.2) is 89.7 Å². The molecule has 2 atom stereocenters. The maximum Gasteiger partial charge on any atom is 0.260 e. The van der Waals surface area contributed by atoms with Crippen LogP contribution in [0.25, 0.3) is 20.4 Å². The van der Waals surface area contributed by atoms with Crippen LogP contribution in [0.5, 0.6) is 0 Å². The monoisotopic (exact) mass is 908 g/mol. The molecule has 7 rings (SSSR count). The molecule has 0 spiro atoms. The number of rotatable bonds is 13. The average Bonchev–Trinajstić information content (AvgIpc) is 4.00. The SMILES string of the molecule is C=C(C)C(C)O.CCCc1cc(N2CCC(=O)CC2)nc2sc(C(N)=O)c(N)c12.CCCc1cc(N2CCC(NCC(O)c3ccsc3)CC2)nc2sc(C(N)=O)c(N)c12.CN. The molecule has 0 aromatic carbocycles. The smallest absolute Gasteiger partial charge is 0.260 e. The molecule has 0 radical (unpaired) electrons. The van der Waals surface area contributed by atoms with E-state index in [0.29, 0.717) is 65.4 Å². The largest absolute Gasteiger partial charge is 0.397 e. The molecule has 18 heteroatoms. The number of aromatic nitrogens is 2. The van der Waals surface area contributed by atoms with Crippen LogP contribution < -0.4 is 43.8 Å². The van der Waals surface area contributed by atoms with Crippen molar-refractivity contribution in [2.45, 2.75) is 97.3 Å². The normalized spacial score (nSPS) is 15.2. The summed E-state index contributed by atoms with van der Waals surface area (Å²) in [5, 5.41) is 28.0. The van der Waals surface area contributed by atoms with Gasteiger partial charge >= 0.3 is 0 Å². The molecule has 2 amide bonds. The molecule has 0 saturated carbocycles. The Morgan fingerprint density at radius 2 is 1.32 bits per heavy atom. The van der Waals surface area contributed by atoms with Gasteiger partial charge in [-0.15, -0.1) is 22.7 Å². The van der Waals surface area contributed by atoms with Crippen LogP contribution in [0.1, 0.15) is 108 Å². The highest BCUT2D eigenvalue weighted by atomic mass is 32.1. The average molecular weight is 909 g/mol. The second-order valence-corrected chi connectivity index (χ2v) is 18.1. The van der Waals surface area contributed by atoms with Gasteiger partial charge in [0, 0.05) is 62.4 Å². The Bertz CT molecular complexity index is 2270. The van der Waals surface area contributed by atoms with Crippen molar-refractivity contribution in [3.63, 3.8) is 0 Å². The number of nitrogens with zero attached hydrogens (tertiary/aromatic N) is 4. The van der Waals surface area contributed by atoms with E-state index in [9.17, 15) is 19.5 Å². The standard InChI is InChI=1S/C22H29N5O2S2.C16H20N4O2S.C5H10O.CH5N/c1-2-3-13-10-17(26-22-18(13)19(23)20(31-22)21(24)29)27-7-4-15(5-8-27)25-11-16(28)14-6-9-30-12-14;1-2-3-9-8-11(20-6-4-10(21)5-7-20)19-16-12(9)13(17)14(23-16)15(18)22;1-4(2)5(3)6;1-2/h6,9-10,12,15-16,25,28H,2-5,7-8,11,23H2,1H3,(H2,24,29);8H,2-7,17H2,1H3,(H2,18,22);5-6H,1H2,2-3H3;2H2,1H3. The maximum atomic E-state index is 11.8. The molecule has 338 valence electrons. The number of hydrogen-bond donors (Lipinski definition) is 8. The summed E-state index contributed by atoms with van der Waals surface area (Å²) in [5.74, 6) is 1.07. The highest BCUT2D eigenvalue weighted by Crippen LogP contribution is 2.39. The lowest BCUT2D eigenvalue weighted by Gasteiger charge is -2.34. The third-order valence-electron chi connectivity index (χ3n) is 10.7. The zero-order valence-corrected chi connectivity index (χ0v) is 39.0. The first-order valence-corrected chi connectivity index (χ1v) is 23.6. The van der Waals surface area contributed by atoms with E-state index in [-0.39, 0.29) is 6.10 Å². The molecule has 5 aromatic heterocycles. The zero-order chi connectivity index (χ0) is 45.7. The van der Waals surface area contributed by atoms with Crippen molar-refractivity contribution < 1.29 is 24.6 Å². The van der Waals surface area contributed by atoms with E-state index in [4.69, 9.17) is 33.0 Å². The minimum Gasteiger partial charge on any atom is -0.397 e. The number of carbonyl (C=O) groups is 3. The highest BCUT2D eigenvalue weighted by Gasteiger charge is 2.25. The first-order chi connectivity index (χ1) is 29.6. The van der Waals surface area contributed by atoms with Crippen LogP contribution in [0, 0.1) is 0 Å². The van der Waals surface area contributed by atoms with E-state index in [1.54, 1.807) is 25.2 Å². The van der Waals surface area contributed by atoms with Gasteiger partial charge in [0.2, 0.25) is 0 Å². The number of nitrogens with one attached hydrogen (secondary N) is 1. The number of aliphatic hydroxyl groups is 2. The predicted octanol–water partition coefficient (Wildman–Crippen LogP) is 5.90. The molecule has 13 N–H and O–H groups in total. The lowest BCUT2D eigenvalue weighted by atomic mass is 10.0. The van der Waals surface area contributed by atoms with E-state index in [1.165, 1.54) is 29.7 Å². The van der Waals surface area contributed by atoms with Gasteiger partial charge in [0.15, 0.2) is 0 Å². The van der Waals surface area contributed by atoms with E-state index in [1.807, 2.05) is 22.9 Å². The number of piperidine rings is 2. The Balaban J connectivity index is 0.000000240. The van der Waals surface area contributed by atoms with Gasteiger partial charge in [-0.25, -0.2) is 9.97 Å². The number of anilines is 4. The van der Waals surface area contributed by atoms with Gasteiger partial charge in [-0.1, -0.05) is 38.8 Å². The van der Waals surface area contributed by atoms with Gasteiger partial charge in [-0.05, 0) is 92.2 Å². The van der Waals surface area contributed by atoms with Gasteiger partial charge in [0.1, 0.15) is 36.8 Å². The zero-order valence-electron chi connectivity index (χ0n) is 36.5. The Hall–Kier alpha value is -4.69. The number of nitrogen functional groups attached to an aromatic ring is 2. The molecule has 2 fully saturated rings. The third kappa shape index (κ3) is 12.7. The molecule has 7 heterocycles. The number of Topliss-reactive ketones (excluding diaryl/α,β-unsaturated/α-hetero) is 1. The second kappa shape index (κ2) is 23.7. The summed E-state index contributed by atoms with van der Waals surface area (Å²) >= 11 is 4.13. The summed E-state index contributed by atoms with van der Waals surface area (Å²) in [5.41, 5.74) is 32.7. The number of fused-ring (bicyclic) bond motifs is 2. The predicted molar refractivity (Wildman–Crippen MR) is 259 cm³/mol. The van der Waals surface area contributed by atoms with Gasteiger partial charge in [-0.2, -0.15) is 11.3 Å². The van der Waals surface area contributed by atoms with Crippen molar-refractivity contribution in [3.05, 3.63) is 67.6 Å². The molecule has 2 aliphatic rings. The molecule has 5 aromatic rings. The molecule has 2 saturated heterocycles. The lowest BCUT2D eigenvalue weighted by molar-refractivity contribution is -0.119. The van der Waals surface area contributed by atoms with Gasteiger partial charge in [-0.3, -0.25) is 14.4 Å². The third-order valence-corrected chi connectivity index (χ3v) is 13.7. The fourth-order valence-electron chi connectivity index (χ4n) is 7.15. The molecular formula is C44H64N10O5S3. The number of aliphatic hydroxyl groups excluding tert-OH is 2. The fraction of sp³-hybridized carbons (Fsp3) is 0.477. The minimum absolute atomic E-state index is 0.299. The van der Waals surface area contributed by atoms with E-state index in [2.05, 4.69) is 52.3 Å². The lowest BCUT2D eigenvalue weighted by Crippen LogP contribution is -2.44. The number of amides is 2. The summed E-state index contributed by atoms with van der Waals surface area (Å²) in [6.07, 6.45) is 5.97. The van der Waals surface area contributed by atoms with E-state index >= 15 is 0 Å². The molecule has 2 unspecified atom stereocenters. The quantitative estimate of drug-likeness (QED) is 0.0641. The van der Waals surface area contributed by atoms with Crippen LogP contribution in [0.4, 0.5) is 23.0 Å². The Labute approximate surface area is 376 Å². The first-order valence-electron chi connectivity index (χ1n) is 21.0. The molecule has 2 aliphatic heterocycles. The molecule has 0 aliphatic carbocycles. The Kier molecular flexibility index (Phi) is 19.1. The number of aryl methyl sites for hydroxylation is 2. The Morgan fingerprint density at radius 1 is 0.871 bits per heavy atom. The second-order valence-electron chi connectivity index (χ2n) is 15.3. The molecular weight excluding hydrogens is 845 g/mol. The van der Waals surface area contributed by atoms with E-state index in [0.717, 1.165) is 106 Å². The summed E-state index contributed by atoms with van der Waals surface area (Å²) in [7, 11) is 1.50. The van der Waals surface area contributed by atoms with Crippen molar-refractivity contribution in [2.24, 2.45) is 17.2 Å². The molecule has 15 nitrogen and oxygen atoms in total. The molecule has 62 heavy (non-hydrogen) atoms. The number of thiophene rings is 3. The minimum atomic E-state index is -0.516. The van der Waals surface area contributed by atoms with Crippen molar-refractivity contribution in [1.29, 1.82) is 0 Å². The fourth-order valence-corrected chi connectivity index (χ4v) is 9.83. The number of ketones is 1. The van der Waals surface area contributed by atoms with Crippen molar-refractivity contribution in [2.75, 3.05) is 61.0 Å². The first kappa shape index (κ1) is 50.0. The van der Waals surface area contributed by atoms with Crippen molar-refractivity contribution >= 4 is 95.1 Å². The Morgan fingerprint density at radius 3 is 1.71 bits per heavy atom. The van der Waals surface area contributed by atoms with Gasteiger partial charge < -0.3 is 54.0 Å². The number of hydrogen-bond acceptors (Lipinski definition) is 16. The molecule has 0 bridgehead atoms. The van der Waals surface area contributed by atoms with Crippen LogP contribution >= 0.6 is 34.0 Å². The number of primary amides is 2. The van der Waals surface area contributed by atoms with Gasteiger partial charge in [0.25, 0.3) is 11.8 Å².